The number of carbonyl (C=O) groups is 1. The number of unbranched alkanes of at least 4 members (excludes halogenated alkanes) is 65. The highest BCUT2D eigenvalue weighted by Gasteiger charge is 2.18. The van der Waals surface area contributed by atoms with E-state index in [1.54, 1.807) is 6.08 Å². The van der Waals surface area contributed by atoms with Crippen molar-refractivity contribution in [1.29, 1.82) is 0 Å². The predicted octanol–water partition coefficient (Wildman–Crippen LogP) is 25.9. The number of amides is 1. The number of rotatable bonds is 72. The van der Waals surface area contributed by atoms with Gasteiger partial charge in [0.15, 0.2) is 0 Å². The zero-order valence-corrected chi connectivity index (χ0v) is 55.4. The van der Waals surface area contributed by atoms with Crippen LogP contribution in [0.25, 0.3) is 0 Å². The fourth-order valence-corrected chi connectivity index (χ4v) is 12.5. The average molecular weight is 1130 g/mol. The van der Waals surface area contributed by atoms with Gasteiger partial charge in [0.25, 0.3) is 0 Å². The maximum atomic E-state index is 12.6. The van der Waals surface area contributed by atoms with Crippen LogP contribution in [0.3, 0.4) is 0 Å². The molecule has 0 spiro atoms. The van der Waals surface area contributed by atoms with Gasteiger partial charge in [0.05, 0.1) is 18.8 Å². The average Bonchev–Trinajstić information content (AvgIpc) is 3.46. The van der Waals surface area contributed by atoms with Gasteiger partial charge in [-0.1, -0.05) is 437 Å². The minimum atomic E-state index is -0.837. The van der Waals surface area contributed by atoms with Crippen LogP contribution >= 0.6 is 0 Å². The van der Waals surface area contributed by atoms with Crippen LogP contribution in [0, 0.1) is 0 Å². The molecule has 4 nitrogen and oxygen atoms in total. The summed E-state index contributed by atoms with van der Waals surface area (Å²) >= 11 is 0. The van der Waals surface area contributed by atoms with E-state index in [1.807, 2.05) is 6.08 Å². The Kier molecular flexibility index (Phi) is 71.6. The van der Waals surface area contributed by atoms with Crippen LogP contribution in [-0.2, 0) is 4.79 Å². The first-order valence-electron chi connectivity index (χ1n) is 37.9. The van der Waals surface area contributed by atoms with Gasteiger partial charge in [0, 0.05) is 6.42 Å². The molecule has 80 heavy (non-hydrogen) atoms. The molecule has 0 saturated carbocycles. The molecule has 0 aromatic heterocycles. The maximum Gasteiger partial charge on any atom is 0.220 e. The first-order valence-corrected chi connectivity index (χ1v) is 37.9. The van der Waals surface area contributed by atoms with Gasteiger partial charge in [-0.15, -0.1) is 0 Å². The van der Waals surface area contributed by atoms with Crippen molar-refractivity contribution in [1.82, 2.24) is 5.32 Å². The molecular weight excluding hydrogens is 975 g/mol. The van der Waals surface area contributed by atoms with Gasteiger partial charge in [-0.25, -0.2) is 0 Å². The van der Waals surface area contributed by atoms with Crippen LogP contribution in [0.4, 0.5) is 0 Å². The molecular formula is C76H151NO3. The summed E-state index contributed by atoms with van der Waals surface area (Å²) in [6.07, 6.45) is 97.7. The third kappa shape index (κ3) is 67.9. The fourth-order valence-electron chi connectivity index (χ4n) is 12.5. The Morgan fingerprint density at radius 2 is 0.463 bits per heavy atom. The van der Waals surface area contributed by atoms with E-state index in [4.69, 9.17) is 0 Å². The molecule has 0 radical (unpaired) electrons. The first kappa shape index (κ1) is 79.1. The summed E-state index contributed by atoms with van der Waals surface area (Å²) in [5.74, 6) is -0.0523. The van der Waals surface area contributed by atoms with Crippen LogP contribution in [0.1, 0.15) is 450 Å². The number of allylic oxidation sites excluding steroid dienone is 1. The Balaban J connectivity index is 3.36. The maximum absolute atomic E-state index is 12.6. The first-order chi connectivity index (χ1) is 39.7. The van der Waals surface area contributed by atoms with Crippen molar-refractivity contribution in [3.05, 3.63) is 12.2 Å². The van der Waals surface area contributed by atoms with Gasteiger partial charge in [-0.3, -0.25) is 4.79 Å². The Labute approximate surface area is 505 Å². The van der Waals surface area contributed by atoms with E-state index < -0.39 is 12.1 Å². The van der Waals surface area contributed by atoms with Gasteiger partial charge in [0.2, 0.25) is 5.91 Å². The summed E-state index contributed by atoms with van der Waals surface area (Å²) in [5, 5.41) is 23.3. The molecule has 0 aliphatic carbocycles. The van der Waals surface area contributed by atoms with Crippen LogP contribution in [0.5, 0.6) is 0 Å². The standard InChI is InChI=1S/C76H151NO3/c1-3-5-7-9-11-13-15-17-19-21-23-25-27-29-31-33-34-35-36-37-38-39-40-41-42-43-44-46-48-50-52-54-56-58-60-62-64-66-68-70-72-76(80)77-74(73-78)75(79)71-69-67-65-63-61-59-57-55-53-51-49-47-45-32-30-28-26-24-22-20-18-16-14-12-10-8-6-4-2/h69,71,74-75,78-79H,3-68,70,72-73H2,1-2H3,(H,77,80)/b71-69+. The van der Waals surface area contributed by atoms with E-state index in [-0.39, 0.29) is 12.5 Å². The summed E-state index contributed by atoms with van der Waals surface area (Å²) in [7, 11) is 0. The molecule has 2 unspecified atom stereocenters. The second kappa shape index (κ2) is 72.4. The highest BCUT2D eigenvalue weighted by molar-refractivity contribution is 5.76. The summed E-state index contributed by atoms with van der Waals surface area (Å²) < 4.78 is 0. The summed E-state index contributed by atoms with van der Waals surface area (Å²) in [4.78, 5) is 12.6. The molecule has 0 rings (SSSR count). The Morgan fingerprint density at radius 3 is 0.650 bits per heavy atom. The number of carbonyl (C=O) groups excluding carboxylic acids is 1. The number of aliphatic hydroxyl groups is 2. The van der Waals surface area contributed by atoms with Gasteiger partial charge in [0.1, 0.15) is 0 Å². The summed E-state index contributed by atoms with van der Waals surface area (Å²) in [6.45, 7) is 4.37. The van der Waals surface area contributed by atoms with Crippen LogP contribution in [0.15, 0.2) is 12.2 Å². The van der Waals surface area contributed by atoms with E-state index in [0.29, 0.717) is 6.42 Å². The van der Waals surface area contributed by atoms with Crippen molar-refractivity contribution >= 4 is 5.91 Å². The molecule has 4 heteroatoms. The van der Waals surface area contributed by atoms with Crippen LogP contribution in [-0.4, -0.2) is 34.9 Å². The lowest BCUT2D eigenvalue weighted by molar-refractivity contribution is -0.123. The van der Waals surface area contributed by atoms with Gasteiger partial charge < -0.3 is 15.5 Å². The van der Waals surface area contributed by atoms with E-state index in [0.717, 1.165) is 25.7 Å². The van der Waals surface area contributed by atoms with Gasteiger partial charge in [-0.05, 0) is 19.3 Å². The molecule has 2 atom stereocenters. The lowest BCUT2D eigenvalue weighted by Crippen LogP contribution is -2.45. The highest BCUT2D eigenvalue weighted by Crippen LogP contribution is 2.20. The SMILES string of the molecule is CCCCCCCCCCCCCCCCCCCCCCCCCCCC/C=C/C(O)C(CO)NC(=O)CCCCCCCCCCCCCCCCCCCCCCCCCCCCCCCCCCCCCCCCCC. The Morgan fingerprint density at radius 1 is 0.287 bits per heavy atom. The molecule has 3 N–H and O–H groups in total. The minimum Gasteiger partial charge on any atom is -0.394 e. The molecule has 0 fully saturated rings. The van der Waals surface area contributed by atoms with Crippen molar-refractivity contribution in [3.63, 3.8) is 0 Å². The summed E-state index contributed by atoms with van der Waals surface area (Å²) in [5.41, 5.74) is 0. The quantitative estimate of drug-likeness (QED) is 0.0420. The second-order valence-electron chi connectivity index (χ2n) is 26.4. The van der Waals surface area contributed by atoms with Gasteiger partial charge in [-0.2, -0.15) is 0 Å². The topological polar surface area (TPSA) is 69.6 Å². The van der Waals surface area contributed by atoms with E-state index >= 15 is 0 Å². The molecule has 0 bridgehead atoms. The molecule has 478 valence electrons. The monoisotopic (exact) mass is 1130 g/mol. The van der Waals surface area contributed by atoms with Crippen molar-refractivity contribution < 1.29 is 15.0 Å². The van der Waals surface area contributed by atoms with Crippen molar-refractivity contribution in [2.75, 3.05) is 6.61 Å². The Bertz CT molecular complexity index is 1140. The lowest BCUT2D eigenvalue weighted by atomic mass is 10.0. The van der Waals surface area contributed by atoms with Crippen molar-refractivity contribution in [2.45, 2.75) is 463 Å². The molecule has 0 heterocycles. The largest absolute Gasteiger partial charge is 0.394 e. The second-order valence-corrected chi connectivity index (χ2v) is 26.4. The molecule has 0 aromatic carbocycles. The Hall–Kier alpha value is -0.870. The number of hydrogen-bond acceptors (Lipinski definition) is 3. The minimum absolute atomic E-state index is 0.0523. The zero-order valence-electron chi connectivity index (χ0n) is 55.4. The molecule has 0 aliphatic rings. The molecule has 0 saturated heterocycles. The lowest BCUT2D eigenvalue weighted by Gasteiger charge is -2.20. The number of nitrogens with one attached hydrogen (secondary N) is 1. The highest BCUT2D eigenvalue weighted by atomic mass is 16.3. The van der Waals surface area contributed by atoms with Gasteiger partial charge >= 0.3 is 0 Å². The third-order valence-corrected chi connectivity index (χ3v) is 18.3. The van der Waals surface area contributed by atoms with Crippen molar-refractivity contribution in [2.24, 2.45) is 0 Å². The normalized spacial score (nSPS) is 12.6. The van der Waals surface area contributed by atoms with Crippen LogP contribution < -0.4 is 5.32 Å². The number of hydrogen-bond donors (Lipinski definition) is 3. The fraction of sp³-hybridized carbons (Fsp3) is 0.961. The predicted molar refractivity (Wildman–Crippen MR) is 359 cm³/mol. The molecule has 0 aliphatic heterocycles. The van der Waals surface area contributed by atoms with E-state index in [9.17, 15) is 15.0 Å². The van der Waals surface area contributed by atoms with E-state index in [1.165, 1.54) is 405 Å². The smallest absolute Gasteiger partial charge is 0.220 e. The van der Waals surface area contributed by atoms with Crippen molar-refractivity contribution in [3.8, 4) is 0 Å². The van der Waals surface area contributed by atoms with Crippen LogP contribution in [0.2, 0.25) is 0 Å². The molecule has 1 amide bonds. The summed E-state index contributed by atoms with van der Waals surface area (Å²) in [6, 6.07) is -0.620. The third-order valence-electron chi connectivity index (χ3n) is 18.3. The zero-order chi connectivity index (χ0) is 57.6. The molecule has 0 aromatic rings. The number of aliphatic hydroxyl groups excluding tert-OH is 2. The van der Waals surface area contributed by atoms with E-state index in [2.05, 4.69) is 19.2 Å².